The van der Waals surface area contributed by atoms with Gasteiger partial charge in [0, 0.05) is 24.7 Å². The third-order valence-corrected chi connectivity index (χ3v) is 4.63. The van der Waals surface area contributed by atoms with Crippen LogP contribution >= 0.6 is 11.3 Å². The molecule has 0 spiro atoms. The van der Waals surface area contributed by atoms with Crippen molar-refractivity contribution >= 4 is 21.4 Å². The minimum Gasteiger partial charge on any atom is -0.493 e. The zero-order valence-electron chi connectivity index (χ0n) is 11.7. The zero-order chi connectivity index (χ0) is 14.9. The molecule has 3 heterocycles. The lowest BCUT2D eigenvalue weighted by atomic mass is 9.93. The van der Waals surface area contributed by atoms with Gasteiger partial charge in [-0.25, -0.2) is 4.98 Å². The molecule has 0 aliphatic carbocycles. The summed E-state index contributed by atoms with van der Waals surface area (Å²) in [5, 5.41) is 8.30. The second-order valence-electron chi connectivity index (χ2n) is 5.14. The van der Waals surface area contributed by atoms with Crippen molar-refractivity contribution in [3.8, 4) is 5.75 Å². The van der Waals surface area contributed by atoms with Crippen LogP contribution in [-0.2, 0) is 0 Å². The van der Waals surface area contributed by atoms with E-state index in [0.717, 1.165) is 25.3 Å². The summed E-state index contributed by atoms with van der Waals surface area (Å²) in [6, 6.07) is 9.53. The van der Waals surface area contributed by atoms with Crippen LogP contribution in [0.25, 0.3) is 4.96 Å². The number of fused-ring (bicyclic) bond motifs is 2. The summed E-state index contributed by atoms with van der Waals surface area (Å²) in [7, 11) is 0. The van der Waals surface area contributed by atoms with E-state index in [2.05, 4.69) is 21.5 Å². The highest BCUT2D eigenvalue weighted by Crippen LogP contribution is 2.33. The fraction of sp³-hybridized carbons (Fsp3) is 0.267. The van der Waals surface area contributed by atoms with Crippen LogP contribution in [0, 0.1) is 0 Å². The molecule has 0 radical (unpaired) electrons. The number of para-hydroxylation sites is 1. The molecule has 1 aliphatic heterocycles. The van der Waals surface area contributed by atoms with E-state index in [4.69, 9.17) is 4.74 Å². The van der Waals surface area contributed by atoms with Crippen molar-refractivity contribution in [2.24, 2.45) is 0 Å². The van der Waals surface area contributed by atoms with Crippen LogP contribution < -0.4 is 15.6 Å². The van der Waals surface area contributed by atoms with Gasteiger partial charge in [0.2, 0.25) is 10.1 Å². The van der Waals surface area contributed by atoms with Crippen LogP contribution in [-0.4, -0.2) is 27.7 Å². The predicted octanol–water partition coefficient (Wildman–Crippen LogP) is 2.13. The highest BCUT2D eigenvalue weighted by molar-refractivity contribution is 7.20. The van der Waals surface area contributed by atoms with Gasteiger partial charge in [0.05, 0.1) is 6.61 Å². The average Bonchev–Trinajstić information content (AvgIpc) is 2.97. The van der Waals surface area contributed by atoms with Crippen molar-refractivity contribution in [3.05, 3.63) is 52.4 Å². The van der Waals surface area contributed by atoms with Crippen molar-refractivity contribution in [2.75, 3.05) is 18.5 Å². The molecule has 0 saturated carbocycles. The van der Waals surface area contributed by atoms with E-state index in [1.54, 1.807) is 0 Å². The lowest BCUT2D eigenvalue weighted by Gasteiger charge is -2.25. The van der Waals surface area contributed by atoms with Gasteiger partial charge in [-0.05, 0) is 18.1 Å². The Bertz CT molecular complexity index is 873. The maximum absolute atomic E-state index is 11.7. The van der Waals surface area contributed by atoms with Gasteiger partial charge in [-0.15, -0.1) is 5.10 Å². The maximum Gasteiger partial charge on any atom is 0.275 e. The first-order valence-electron chi connectivity index (χ1n) is 7.12. The molecule has 1 aliphatic rings. The Morgan fingerprint density at radius 2 is 2.27 bits per heavy atom. The summed E-state index contributed by atoms with van der Waals surface area (Å²) in [5.41, 5.74) is 1.06. The van der Waals surface area contributed by atoms with E-state index >= 15 is 0 Å². The molecule has 6 nitrogen and oxygen atoms in total. The lowest BCUT2D eigenvalue weighted by molar-refractivity contribution is 0.270. The highest BCUT2D eigenvalue weighted by Gasteiger charge is 2.21. The number of rotatable bonds is 3. The van der Waals surface area contributed by atoms with Crippen molar-refractivity contribution in [1.82, 2.24) is 14.6 Å². The third kappa shape index (κ3) is 2.33. The summed E-state index contributed by atoms with van der Waals surface area (Å²) in [6.45, 7) is 1.49. The van der Waals surface area contributed by atoms with Crippen molar-refractivity contribution < 1.29 is 4.74 Å². The molecule has 112 valence electrons. The van der Waals surface area contributed by atoms with E-state index < -0.39 is 0 Å². The van der Waals surface area contributed by atoms with Crippen LogP contribution in [0.5, 0.6) is 5.75 Å². The minimum absolute atomic E-state index is 0.161. The summed E-state index contributed by atoms with van der Waals surface area (Å²) in [6.07, 6.45) is 2.47. The summed E-state index contributed by atoms with van der Waals surface area (Å²) in [5.74, 6) is 1.34. The van der Waals surface area contributed by atoms with Crippen molar-refractivity contribution in [1.29, 1.82) is 0 Å². The Labute approximate surface area is 130 Å². The summed E-state index contributed by atoms with van der Waals surface area (Å²) in [4.78, 5) is 16.4. The van der Waals surface area contributed by atoms with Crippen LogP contribution in [0.15, 0.2) is 41.3 Å². The third-order valence-electron chi connectivity index (χ3n) is 3.75. The Hall–Kier alpha value is -2.41. The standard InChI is InChI=1S/C15H14N4O2S/c20-13-5-7-16-15-19(13)18-14(22-15)17-9-10-6-8-21-12-4-2-1-3-11(10)12/h1-5,7,10H,6,8-9H2,(H,17,18). The number of ether oxygens (including phenoxy) is 1. The molecule has 1 aromatic carbocycles. The molecule has 0 fully saturated rings. The molecule has 1 atom stereocenters. The molecular weight excluding hydrogens is 300 g/mol. The molecule has 1 unspecified atom stereocenters. The molecule has 0 amide bonds. The number of nitrogens with zero attached hydrogens (tertiary/aromatic N) is 3. The van der Waals surface area contributed by atoms with Crippen LogP contribution in [0.3, 0.4) is 0 Å². The number of anilines is 1. The summed E-state index contributed by atoms with van der Waals surface area (Å²) < 4.78 is 7.00. The SMILES string of the molecule is O=c1ccnc2sc(NCC3CCOc4ccccc43)nn12. The number of hydrogen-bond donors (Lipinski definition) is 1. The van der Waals surface area contributed by atoms with Crippen LogP contribution in [0.4, 0.5) is 5.13 Å². The Morgan fingerprint density at radius 3 is 3.18 bits per heavy atom. The molecule has 1 N–H and O–H groups in total. The largest absolute Gasteiger partial charge is 0.493 e. The number of hydrogen-bond acceptors (Lipinski definition) is 6. The molecule has 4 rings (SSSR count). The predicted molar refractivity (Wildman–Crippen MR) is 84.9 cm³/mol. The molecular formula is C15H14N4O2S. The van der Waals surface area contributed by atoms with Gasteiger partial charge >= 0.3 is 0 Å². The van der Waals surface area contributed by atoms with Crippen molar-refractivity contribution in [3.63, 3.8) is 0 Å². The van der Waals surface area contributed by atoms with Gasteiger partial charge in [0.15, 0.2) is 0 Å². The second-order valence-corrected chi connectivity index (χ2v) is 6.09. The minimum atomic E-state index is -0.161. The molecule has 3 aromatic rings. The molecule has 7 heteroatoms. The van der Waals surface area contributed by atoms with Gasteiger partial charge < -0.3 is 10.1 Å². The fourth-order valence-corrected chi connectivity index (χ4v) is 3.44. The number of nitrogens with one attached hydrogen (secondary N) is 1. The summed E-state index contributed by atoms with van der Waals surface area (Å²) >= 11 is 1.38. The number of aromatic nitrogens is 3. The topological polar surface area (TPSA) is 68.5 Å². The van der Waals surface area contributed by atoms with Gasteiger partial charge in [0.1, 0.15) is 5.75 Å². The monoisotopic (exact) mass is 314 g/mol. The Kier molecular flexibility index (Phi) is 3.27. The van der Waals surface area contributed by atoms with Gasteiger partial charge in [0.25, 0.3) is 5.56 Å². The Morgan fingerprint density at radius 1 is 1.36 bits per heavy atom. The maximum atomic E-state index is 11.7. The molecule has 22 heavy (non-hydrogen) atoms. The van der Waals surface area contributed by atoms with Gasteiger partial charge in [-0.3, -0.25) is 4.79 Å². The second kappa shape index (κ2) is 5.42. The normalized spacial score (nSPS) is 17.0. The molecule has 2 aromatic heterocycles. The van der Waals surface area contributed by atoms with E-state index in [1.165, 1.54) is 33.7 Å². The van der Waals surface area contributed by atoms with E-state index in [1.807, 2.05) is 18.2 Å². The van der Waals surface area contributed by atoms with Crippen molar-refractivity contribution in [2.45, 2.75) is 12.3 Å². The highest BCUT2D eigenvalue weighted by atomic mass is 32.1. The van der Waals surface area contributed by atoms with Gasteiger partial charge in [-0.1, -0.05) is 29.5 Å². The zero-order valence-corrected chi connectivity index (χ0v) is 12.5. The first-order valence-corrected chi connectivity index (χ1v) is 7.93. The first-order chi connectivity index (χ1) is 10.8. The van der Waals surface area contributed by atoms with Crippen LogP contribution in [0.1, 0.15) is 17.9 Å². The molecule has 0 saturated heterocycles. The van der Waals surface area contributed by atoms with E-state index in [-0.39, 0.29) is 5.56 Å². The van der Waals surface area contributed by atoms with Crippen LogP contribution in [0.2, 0.25) is 0 Å². The number of benzene rings is 1. The van der Waals surface area contributed by atoms with Gasteiger partial charge in [-0.2, -0.15) is 4.52 Å². The van der Waals surface area contributed by atoms with E-state index in [9.17, 15) is 4.79 Å². The molecule has 0 bridgehead atoms. The first kappa shape index (κ1) is 13.3. The average molecular weight is 314 g/mol. The Balaban J connectivity index is 1.55. The smallest absolute Gasteiger partial charge is 0.275 e. The lowest BCUT2D eigenvalue weighted by Crippen LogP contribution is -2.21. The van der Waals surface area contributed by atoms with E-state index in [0.29, 0.717) is 16.0 Å². The fourth-order valence-electron chi connectivity index (χ4n) is 2.65. The quantitative estimate of drug-likeness (QED) is 0.802.